The molecule has 0 radical (unpaired) electrons. The van der Waals surface area contributed by atoms with Gasteiger partial charge in [0, 0.05) is 33.9 Å². The number of hydrogen-bond acceptors (Lipinski definition) is 1. The van der Waals surface area contributed by atoms with Crippen LogP contribution in [0.5, 0.6) is 0 Å². The molecule has 7 aromatic rings. The van der Waals surface area contributed by atoms with Gasteiger partial charge in [0.25, 0.3) is 0 Å². The van der Waals surface area contributed by atoms with Crippen LogP contribution in [0.2, 0.25) is 0 Å². The zero-order valence-corrected chi connectivity index (χ0v) is 27.8. The van der Waals surface area contributed by atoms with E-state index in [-0.39, 0.29) is 0 Å². The van der Waals surface area contributed by atoms with Crippen molar-refractivity contribution in [2.24, 2.45) is 0 Å². The predicted octanol–water partition coefficient (Wildman–Crippen LogP) is 12.9. The van der Waals surface area contributed by atoms with Gasteiger partial charge in [-0.15, -0.1) is 0 Å². The van der Waals surface area contributed by atoms with Crippen molar-refractivity contribution in [2.45, 2.75) is 12.8 Å². The van der Waals surface area contributed by atoms with Gasteiger partial charge >= 0.3 is 0 Å². The van der Waals surface area contributed by atoms with Gasteiger partial charge < -0.3 is 9.47 Å². The summed E-state index contributed by atoms with van der Waals surface area (Å²) in [6, 6.07) is 52.4. The van der Waals surface area contributed by atoms with Gasteiger partial charge in [-0.05, 0) is 100 Å². The third kappa shape index (κ3) is 5.14. The number of para-hydroxylation sites is 2. The molecule has 2 heteroatoms. The Bertz CT molecular complexity index is 2560. The Morgan fingerprint density at radius 2 is 1.24 bits per heavy atom. The standard InChI is InChI=1S/C48H36N2/c1-34-41(27-15-31-49(45-28-10-8-24-42(34)45)39-22-12-20-37(32-39)35-16-4-2-5-17-35)43-26-14-30-47-48(43)44-25-9-11-29-46(44)50(47)40-23-13-21-38(33-40)36-18-6-3-7-19-36/h2-4,6-16,18-33H,1,5,17H2/b31-15-,41-27+. The van der Waals surface area contributed by atoms with E-state index in [1.165, 1.54) is 49.6 Å². The lowest BCUT2D eigenvalue weighted by Crippen LogP contribution is -2.12. The van der Waals surface area contributed by atoms with Crippen LogP contribution in [0.1, 0.15) is 29.5 Å². The summed E-state index contributed by atoms with van der Waals surface area (Å²) >= 11 is 0. The zero-order valence-electron chi connectivity index (χ0n) is 27.8. The Morgan fingerprint density at radius 1 is 0.540 bits per heavy atom. The van der Waals surface area contributed by atoms with Crippen molar-refractivity contribution in [2.75, 3.05) is 4.90 Å². The van der Waals surface area contributed by atoms with Crippen molar-refractivity contribution >= 4 is 49.9 Å². The molecular formula is C48H36N2. The van der Waals surface area contributed by atoms with Crippen LogP contribution in [0.4, 0.5) is 11.4 Å². The number of anilines is 2. The van der Waals surface area contributed by atoms with Gasteiger partial charge in [0.05, 0.1) is 16.7 Å². The van der Waals surface area contributed by atoms with Crippen molar-refractivity contribution in [3.63, 3.8) is 0 Å². The molecule has 0 atom stereocenters. The largest absolute Gasteiger partial charge is 0.317 e. The highest BCUT2D eigenvalue weighted by Gasteiger charge is 2.22. The molecule has 2 nitrogen and oxygen atoms in total. The second-order valence-electron chi connectivity index (χ2n) is 13.0. The Labute approximate surface area is 293 Å². The van der Waals surface area contributed by atoms with Crippen LogP contribution >= 0.6 is 0 Å². The van der Waals surface area contributed by atoms with Crippen molar-refractivity contribution in [1.29, 1.82) is 0 Å². The van der Waals surface area contributed by atoms with Gasteiger partial charge in [-0.3, -0.25) is 0 Å². The summed E-state index contributed by atoms with van der Waals surface area (Å²) in [4.78, 5) is 2.29. The predicted molar refractivity (Wildman–Crippen MR) is 214 cm³/mol. The maximum atomic E-state index is 4.78. The Morgan fingerprint density at radius 3 is 2.12 bits per heavy atom. The summed E-state index contributed by atoms with van der Waals surface area (Å²) in [7, 11) is 0. The molecule has 50 heavy (non-hydrogen) atoms. The van der Waals surface area contributed by atoms with Gasteiger partial charge in [-0.1, -0.05) is 134 Å². The minimum Gasteiger partial charge on any atom is -0.317 e. The summed E-state index contributed by atoms with van der Waals surface area (Å²) in [6.45, 7) is 4.78. The van der Waals surface area contributed by atoms with E-state index in [9.17, 15) is 0 Å². The van der Waals surface area contributed by atoms with Crippen LogP contribution in [0.15, 0.2) is 189 Å². The van der Waals surface area contributed by atoms with E-state index in [1.54, 1.807) is 0 Å². The number of rotatable bonds is 5. The first-order valence-electron chi connectivity index (χ1n) is 17.4. The van der Waals surface area contributed by atoms with Crippen LogP contribution < -0.4 is 4.90 Å². The Kier molecular flexibility index (Phi) is 7.48. The fourth-order valence-electron chi connectivity index (χ4n) is 7.64. The van der Waals surface area contributed by atoms with Crippen molar-refractivity contribution in [3.05, 3.63) is 205 Å². The molecule has 2 aliphatic rings. The van der Waals surface area contributed by atoms with Crippen LogP contribution in [0.3, 0.4) is 0 Å². The van der Waals surface area contributed by atoms with Gasteiger partial charge in [-0.2, -0.15) is 0 Å². The van der Waals surface area contributed by atoms with Gasteiger partial charge in [0.1, 0.15) is 0 Å². The SMILES string of the molecule is C=C1/C(c2cccc3c2c2ccccc2n3-c2cccc(-c3ccccc3)c2)=C\C=C/N(c2cccc(C3=CC=CCC3)c2)c2ccccc21. The highest BCUT2D eigenvalue weighted by atomic mass is 15.1. The summed E-state index contributed by atoms with van der Waals surface area (Å²) < 4.78 is 2.41. The summed E-state index contributed by atoms with van der Waals surface area (Å²) in [5.41, 5.74) is 15.2. The van der Waals surface area contributed by atoms with E-state index < -0.39 is 0 Å². The second-order valence-corrected chi connectivity index (χ2v) is 13.0. The zero-order chi connectivity index (χ0) is 33.4. The number of nitrogens with zero attached hydrogens (tertiary/aromatic N) is 2. The summed E-state index contributed by atoms with van der Waals surface area (Å²) in [5, 5.41) is 2.45. The van der Waals surface area contributed by atoms with E-state index in [4.69, 9.17) is 6.58 Å². The fraction of sp³-hybridized carbons (Fsp3) is 0.0417. The molecule has 0 unspecified atom stereocenters. The first-order valence-corrected chi connectivity index (χ1v) is 17.4. The number of fused-ring (bicyclic) bond motifs is 4. The number of hydrogen-bond donors (Lipinski definition) is 0. The van der Waals surface area contributed by atoms with E-state index >= 15 is 0 Å². The van der Waals surface area contributed by atoms with Crippen LogP contribution in [-0.4, -0.2) is 4.57 Å². The molecule has 0 bridgehead atoms. The van der Waals surface area contributed by atoms with E-state index in [0.29, 0.717) is 0 Å². The van der Waals surface area contributed by atoms with E-state index in [1.807, 2.05) is 0 Å². The third-order valence-electron chi connectivity index (χ3n) is 10.0. The van der Waals surface area contributed by atoms with Crippen molar-refractivity contribution < 1.29 is 0 Å². The lowest BCUT2D eigenvalue weighted by molar-refractivity contribution is 1.05. The summed E-state index contributed by atoms with van der Waals surface area (Å²) in [6.07, 6.45) is 15.4. The quantitative estimate of drug-likeness (QED) is 0.182. The van der Waals surface area contributed by atoms with Gasteiger partial charge in [-0.25, -0.2) is 0 Å². The topological polar surface area (TPSA) is 8.17 Å². The van der Waals surface area contributed by atoms with Crippen molar-refractivity contribution in [3.8, 4) is 16.8 Å². The molecular weight excluding hydrogens is 605 g/mol. The van der Waals surface area contributed by atoms with E-state index in [0.717, 1.165) is 46.6 Å². The van der Waals surface area contributed by atoms with Crippen LogP contribution in [0, 0.1) is 0 Å². The summed E-state index contributed by atoms with van der Waals surface area (Å²) in [5.74, 6) is 0. The highest BCUT2D eigenvalue weighted by molar-refractivity contribution is 6.19. The number of aromatic nitrogens is 1. The molecule has 0 N–H and O–H groups in total. The minimum absolute atomic E-state index is 1.00. The number of benzene rings is 6. The molecule has 0 amide bonds. The number of allylic oxidation sites excluding steroid dienone is 8. The van der Waals surface area contributed by atoms with E-state index in [2.05, 4.69) is 192 Å². The molecule has 1 aromatic heterocycles. The van der Waals surface area contributed by atoms with Crippen LogP contribution in [-0.2, 0) is 0 Å². The average Bonchev–Trinajstić information content (AvgIpc) is 3.53. The smallest absolute Gasteiger partial charge is 0.0547 e. The maximum absolute atomic E-state index is 4.78. The molecule has 1 aliphatic carbocycles. The molecule has 238 valence electrons. The van der Waals surface area contributed by atoms with Gasteiger partial charge in [0.15, 0.2) is 0 Å². The second kappa shape index (κ2) is 12.6. The molecule has 0 fully saturated rings. The fourth-order valence-corrected chi connectivity index (χ4v) is 7.64. The van der Waals surface area contributed by atoms with Crippen molar-refractivity contribution in [1.82, 2.24) is 4.57 Å². The lowest BCUT2D eigenvalue weighted by atomic mass is 9.88. The first kappa shape index (κ1) is 29.7. The maximum Gasteiger partial charge on any atom is 0.0547 e. The molecule has 1 aliphatic heterocycles. The Balaban J connectivity index is 1.20. The lowest BCUT2D eigenvalue weighted by Gasteiger charge is -2.27. The normalized spacial score (nSPS) is 16.0. The van der Waals surface area contributed by atoms with Gasteiger partial charge in [0.2, 0.25) is 0 Å². The molecule has 9 rings (SSSR count). The Hall–Kier alpha value is -6.38. The average molecular weight is 641 g/mol. The molecule has 0 saturated heterocycles. The monoisotopic (exact) mass is 640 g/mol. The molecule has 6 aromatic carbocycles. The highest BCUT2D eigenvalue weighted by Crippen LogP contribution is 2.44. The van der Waals surface area contributed by atoms with Crippen LogP contribution in [0.25, 0.3) is 55.3 Å². The minimum atomic E-state index is 1.00. The molecule has 0 spiro atoms. The molecule has 2 heterocycles. The third-order valence-corrected chi connectivity index (χ3v) is 10.0. The molecule has 0 saturated carbocycles. The first-order chi connectivity index (χ1) is 24.7.